The first kappa shape index (κ1) is 16.7. The van der Waals surface area contributed by atoms with Crippen molar-refractivity contribution in [3.63, 3.8) is 0 Å². The number of methoxy groups -OCH3 is 1. The fourth-order valence-electron chi connectivity index (χ4n) is 2.54. The molecule has 1 aliphatic rings. The molecule has 0 spiro atoms. The fraction of sp³-hybridized carbons (Fsp3) is 0.158. The summed E-state index contributed by atoms with van der Waals surface area (Å²) < 4.78 is 5.79. The molecule has 122 valence electrons. The van der Waals surface area contributed by atoms with E-state index in [-0.39, 0.29) is 5.91 Å². The maximum atomic E-state index is 12.9. The van der Waals surface area contributed by atoms with Crippen molar-refractivity contribution in [2.45, 2.75) is 13.8 Å². The number of nitrogens with zero attached hydrogens (tertiary/aromatic N) is 1. The van der Waals surface area contributed by atoms with E-state index in [0.717, 1.165) is 28.1 Å². The topological polar surface area (TPSA) is 29.5 Å². The molecule has 0 saturated carbocycles. The lowest BCUT2D eigenvalue weighted by molar-refractivity contribution is -0.113. The monoisotopic (exact) mass is 355 g/mol. The molecule has 0 aliphatic carbocycles. The van der Waals surface area contributed by atoms with Crippen molar-refractivity contribution in [3.8, 4) is 5.75 Å². The molecule has 3 rings (SSSR count). The maximum absolute atomic E-state index is 12.9. The van der Waals surface area contributed by atoms with Gasteiger partial charge in [-0.1, -0.05) is 48.2 Å². The number of hydrogen-bond acceptors (Lipinski definition) is 4. The fourth-order valence-corrected chi connectivity index (χ4v) is 3.82. The Balaban J connectivity index is 1.97. The van der Waals surface area contributed by atoms with Crippen LogP contribution in [-0.4, -0.2) is 17.3 Å². The summed E-state index contributed by atoms with van der Waals surface area (Å²) >= 11 is 6.77. The van der Waals surface area contributed by atoms with E-state index in [0.29, 0.717) is 9.23 Å². The summed E-state index contributed by atoms with van der Waals surface area (Å²) in [7, 11) is 1.62. The minimum absolute atomic E-state index is 0.0819. The van der Waals surface area contributed by atoms with Gasteiger partial charge in [-0.15, -0.1) is 0 Å². The zero-order valence-corrected chi connectivity index (χ0v) is 15.3. The van der Waals surface area contributed by atoms with Gasteiger partial charge in [-0.2, -0.15) is 0 Å². The summed E-state index contributed by atoms with van der Waals surface area (Å²) in [6.07, 6.45) is 1.85. The first-order valence-corrected chi connectivity index (χ1v) is 8.72. The van der Waals surface area contributed by atoms with Gasteiger partial charge >= 0.3 is 0 Å². The van der Waals surface area contributed by atoms with Gasteiger partial charge in [0, 0.05) is 0 Å². The average molecular weight is 355 g/mol. The molecule has 5 heteroatoms. The number of carbonyl (C=O) groups excluding carboxylic acids is 1. The highest BCUT2D eigenvalue weighted by molar-refractivity contribution is 8.27. The molecule has 0 unspecified atom stereocenters. The molecule has 3 nitrogen and oxygen atoms in total. The SMILES string of the molecule is COc1cccc(C=C2SC(=S)N(c3cccc(C)c3C)C2=O)c1. The van der Waals surface area contributed by atoms with Crippen LogP contribution in [0.4, 0.5) is 5.69 Å². The van der Waals surface area contributed by atoms with E-state index in [2.05, 4.69) is 0 Å². The number of thioether (sulfide) groups is 1. The van der Waals surface area contributed by atoms with E-state index in [9.17, 15) is 4.79 Å². The van der Waals surface area contributed by atoms with Gasteiger partial charge in [0.2, 0.25) is 0 Å². The Morgan fingerprint density at radius 2 is 1.92 bits per heavy atom. The molecule has 0 atom stereocenters. The summed E-state index contributed by atoms with van der Waals surface area (Å²) in [5.74, 6) is 0.676. The molecule has 1 fully saturated rings. The highest BCUT2D eigenvalue weighted by Gasteiger charge is 2.34. The van der Waals surface area contributed by atoms with Gasteiger partial charge in [-0.05, 0) is 54.8 Å². The van der Waals surface area contributed by atoms with Crippen LogP contribution < -0.4 is 9.64 Å². The van der Waals surface area contributed by atoms with E-state index >= 15 is 0 Å². The Hall–Kier alpha value is -2.11. The van der Waals surface area contributed by atoms with Gasteiger partial charge in [-0.25, -0.2) is 0 Å². The van der Waals surface area contributed by atoms with E-state index in [4.69, 9.17) is 17.0 Å². The first-order chi connectivity index (χ1) is 11.5. The number of amides is 1. The van der Waals surface area contributed by atoms with E-state index < -0.39 is 0 Å². The molecule has 1 amide bonds. The van der Waals surface area contributed by atoms with Crippen molar-refractivity contribution >= 4 is 46.0 Å². The second-order valence-corrected chi connectivity index (χ2v) is 7.19. The molecule has 0 aromatic heterocycles. The molecule has 2 aromatic carbocycles. The number of hydrogen-bond donors (Lipinski definition) is 0. The van der Waals surface area contributed by atoms with Gasteiger partial charge in [0.25, 0.3) is 5.91 Å². The molecular formula is C19H17NO2S2. The molecule has 0 N–H and O–H groups in total. The Bertz CT molecular complexity index is 858. The quantitative estimate of drug-likeness (QED) is 0.589. The second kappa shape index (κ2) is 6.79. The number of thiocarbonyl (C=S) groups is 1. The summed E-state index contributed by atoms with van der Waals surface area (Å²) in [6, 6.07) is 13.5. The number of anilines is 1. The van der Waals surface area contributed by atoms with E-state index in [1.165, 1.54) is 11.8 Å². The van der Waals surface area contributed by atoms with E-state index in [1.807, 2.05) is 62.4 Å². The Morgan fingerprint density at radius 3 is 2.67 bits per heavy atom. The van der Waals surface area contributed by atoms with Gasteiger partial charge in [0.05, 0.1) is 17.7 Å². The standard InChI is InChI=1S/C19H17NO2S2/c1-12-6-4-9-16(13(12)2)20-18(21)17(24-19(20)23)11-14-7-5-8-15(10-14)22-3/h4-11H,1-3H3. The van der Waals surface area contributed by atoms with Crippen LogP contribution in [0.15, 0.2) is 47.4 Å². The van der Waals surface area contributed by atoms with Crippen molar-refractivity contribution < 1.29 is 9.53 Å². The smallest absolute Gasteiger partial charge is 0.270 e. The third kappa shape index (κ3) is 3.09. The lowest BCUT2D eigenvalue weighted by Crippen LogP contribution is -2.28. The lowest BCUT2D eigenvalue weighted by atomic mass is 10.1. The number of aryl methyl sites for hydroxylation is 1. The van der Waals surface area contributed by atoms with Crippen LogP contribution in [0, 0.1) is 13.8 Å². The number of benzene rings is 2. The zero-order chi connectivity index (χ0) is 17.3. The normalized spacial score (nSPS) is 16.1. The van der Waals surface area contributed by atoms with Crippen LogP contribution in [0.2, 0.25) is 0 Å². The average Bonchev–Trinajstić information content (AvgIpc) is 2.84. The van der Waals surface area contributed by atoms with Crippen molar-refractivity contribution in [3.05, 3.63) is 64.1 Å². The molecule has 2 aromatic rings. The molecule has 1 aliphatic heterocycles. The van der Waals surface area contributed by atoms with Gasteiger partial charge < -0.3 is 4.74 Å². The first-order valence-electron chi connectivity index (χ1n) is 7.49. The van der Waals surface area contributed by atoms with E-state index in [1.54, 1.807) is 12.0 Å². The summed E-state index contributed by atoms with van der Waals surface area (Å²) in [5, 5.41) is 0. The molecule has 1 heterocycles. The molecule has 0 bridgehead atoms. The zero-order valence-electron chi connectivity index (χ0n) is 13.7. The molecular weight excluding hydrogens is 338 g/mol. The summed E-state index contributed by atoms with van der Waals surface area (Å²) in [5.41, 5.74) is 3.97. The predicted octanol–water partition coefficient (Wildman–Crippen LogP) is 4.72. The Morgan fingerprint density at radius 1 is 1.17 bits per heavy atom. The Labute approximate surface area is 151 Å². The molecule has 24 heavy (non-hydrogen) atoms. The van der Waals surface area contributed by atoms with Crippen molar-refractivity contribution in [1.29, 1.82) is 0 Å². The van der Waals surface area contributed by atoms with Crippen LogP contribution in [0.25, 0.3) is 6.08 Å². The van der Waals surface area contributed by atoms with Crippen LogP contribution in [0.5, 0.6) is 5.75 Å². The highest BCUT2D eigenvalue weighted by Crippen LogP contribution is 2.38. The van der Waals surface area contributed by atoms with Crippen LogP contribution in [-0.2, 0) is 4.79 Å². The number of ether oxygens (including phenoxy) is 1. The molecule has 1 saturated heterocycles. The van der Waals surface area contributed by atoms with Crippen LogP contribution in [0.3, 0.4) is 0 Å². The second-order valence-electron chi connectivity index (χ2n) is 5.51. The van der Waals surface area contributed by atoms with Crippen molar-refractivity contribution in [2.75, 3.05) is 12.0 Å². The largest absolute Gasteiger partial charge is 0.497 e. The molecule has 0 radical (unpaired) electrons. The Kier molecular flexibility index (Phi) is 4.73. The van der Waals surface area contributed by atoms with Crippen LogP contribution in [0.1, 0.15) is 16.7 Å². The maximum Gasteiger partial charge on any atom is 0.270 e. The number of rotatable bonds is 3. The third-order valence-corrected chi connectivity index (χ3v) is 5.30. The van der Waals surface area contributed by atoms with Crippen molar-refractivity contribution in [2.24, 2.45) is 0 Å². The van der Waals surface area contributed by atoms with Gasteiger partial charge in [0.15, 0.2) is 4.32 Å². The van der Waals surface area contributed by atoms with Crippen LogP contribution >= 0.6 is 24.0 Å². The minimum atomic E-state index is -0.0819. The highest BCUT2D eigenvalue weighted by atomic mass is 32.2. The van der Waals surface area contributed by atoms with Crippen molar-refractivity contribution in [1.82, 2.24) is 0 Å². The number of carbonyl (C=O) groups is 1. The predicted molar refractivity (Wildman–Crippen MR) is 105 cm³/mol. The minimum Gasteiger partial charge on any atom is -0.497 e. The third-order valence-electron chi connectivity index (χ3n) is 4.00. The van der Waals surface area contributed by atoms with Gasteiger partial charge in [0.1, 0.15) is 5.75 Å². The summed E-state index contributed by atoms with van der Waals surface area (Å²) in [4.78, 5) is 15.1. The lowest BCUT2D eigenvalue weighted by Gasteiger charge is -2.18. The van der Waals surface area contributed by atoms with Gasteiger partial charge in [-0.3, -0.25) is 9.69 Å². The summed E-state index contributed by atoms with van der Waals surface area (Å²) in [6.45, 7) is 4.04.